The molecule has 31 heavy (non-hydrogen) atoms. The molecular formula is C22H21Cl2N5O2. The number of nitrogens with zero attached hydrogens (tertiary/aromatic N) is 4. The summed E-state index contributed by atoms with van der Waals surface area (Å²) in [7, 11) is 0. The predicted molar refractivity (Wildman–Crippen MR) is 123 cm³/mol. The number of nitrogens with one attached hydrogen (secondary N) is 1. The van der Waals surface area contributed by atoms with Gasteiger partial charge in [-0.15, -0.1) is 24.8 Å². The number of halogens is 2. The van der Waals surface area contributed by atoms with Gasteiger partial charge in [0.25, 0.3) is 0 Å². The Bertz CT molecular complexity index is 1210. The Morgan fingerprint density at radius 3 is 2.71 bits per heavy atom. The Morgan fingerprint density at radius 2 is 1.87 bits per heavy atom. The van der Waals surface area contributed by atoms with Gasteiger partial charge in [0.05, 0.1) is 16.9 Å². The van der Waals surface area contributed by atoms with Gasteiger partial charge in [0.15, 0.2) is 11.5 Å². The molecule has 5 heterocycles. The second-order valence-corrected chi connectivity index (χ2v) is 7.29. The van der Waals surface area contributed by atoms with Gasteiger partial charge in [0.1, 0.15) is 5.69 Å². The van der Waals surface area contributed by atoms with Crippen molar-refractivity contribution in [3.63, 3.8) is 0 Å². The first-order chi connectivity index (χ1) is 14.3. The molecule has 0 saturated heterocycles. The van der Waals surface area contributed by atoms with Gasteiger partial charge in [0.2, 0.25) is 6.79 Å². The normalized spacial score (nSPS) is 14.3. The van der Waals surface area contributed by atoms with E-state index in [9.17, 15) is 0 Å². The fourth-order valence-electron chi connectivity index (χ4n) is 3.99. The summed E-state index contributed by atoms with van der Waals surface area (Å²) in [5.41, 5.74) is 5.85. The molecule has 7 nitrogen and oxygen atoms in total. The van der Waals surface area contributed by atoms with Gasteiger partial charge in [-0.05, 0) is 42.8 Å². The number of rotatable bonds is 2. The fourth-order valence-corrected chi connectivity index (χ4v) is 3.99. The summed E-state index contributed by atoms with van der Waals surface area (Å²) < 4.78 is 13.3. The fraction of sp³-hybridized carbons (Fsp3) is 0.227. The molecule has 4 aromatic rings. The van der Waals surface area contributed by atoms with Crippen LogP contribution in [-0.2, 0) is 13.1 Å². The van der Waals surface area contributed by atoms with Crippen LogP contribution >= 0.6 is 24.8 Å². The molecule has 0 aliphatic carbocycles. The third kappa shape index (κ3) is 3.80. The molecule has 0 spiro atoms. The van der Waals surface area contributed by atoms with E-state index < -0.39 is 0 Å². The van der Waals surface area contributed by atoms with E-state index in [4.69, 9.17) is 19.6 Å². The minimum atomic E-state index is 0. The zero-order valence-corrected chi connectivity index (χ0v) is 18.2. The van der Waals surface area contributed by atoms with Crippen molar-refractivity contribution in [1.29, 1.82) is 0 Å². The first-order valence-electron chi connectivity index (χ1n) is 9.78. The summed E-state index contributed by atoms with van der Waals surface area (Å²) in [6.07, 6.45) is 4.72. The Balaban J connectivity index is 0.00000116. The van der Waals surface area contributed by atoms with Gasteiger partial charge in [-0.25, -0.2) is 4.98 Å². The van der Waals surface area contributed by atoms with Gasteiger partial charge in [0, 0.05) is 42.5 Å². The van der Waals surface area contributed by atoms with Gasteiger partial charge in [-0.2, -0.15) is 5.10 Å². The van der Waals surface area contributed by atoms with Crippen LogP contribution in [0.1, 0.15) is 12.1 Å². The van der Waals surface area contributed by atoms with Crippen molar-refractivity contribution >= 4 is 35.7 Å². The van der Waals surface area contributed by atoms with Crippen LogP contribution in [0.3, 0.4) is 0 Å². The van der Waals surface area contributed by atoms with E-state index in [2.05, 4.69) is 33.2 Å². The topological polar surface area (TPSA) is 74.1 Å². The lowest BCUT2D eigenvalue weighted by molar-refractivity contribution is 0.174. The lowest BCUT2D eigenvalue weighted by Gasteiger charge is -2.10. The van der Waals surface area contributed by atoms with Gasteiger partial charge < -0.3 is 14.8 Å². The van der Waals surface area contributed by atoms with Crippen LogP contribution in [0, 0.1) is 0 Å². The van der Waals surface area contributed by atoms with E-state index in [1.807, 2.05) is 24.4 Å². The van der Waals surface area contributed by atoms with Crippen LogP contribution in [-0.4, -0.2) is 33.1 Å². The highest BCUT2D eigenvalue weighted by atomic mass is 35.5. The molecule has 0 fully saturated rings. The molecule has 2 aliphatic rings. The van der Waals surface area contributed by atoms with Crippen molar-refractivity contribution in [2.45, 2.75) is 19.5 Å². The number of benzene rings is 1. The van der Waals surface area contributed by atoms with Crippen molar-refractivity contribution in [3.8, 4) is 34.0 Å². The number of aromatic nitrogens is 4. The Hall–Kier alpha value is -2.87. The maximum Gasteiger partial charge on any atom is 0.231 e. The van der Waals surface area contributed by atoms with Gasteiger partial charge in [-0.1, -0.05) is 6.07 Å². The zero-order chi connectivity index (χ0) is 19.2. The molecule has 0 atom stereocenters. The zero-order valence-electron chi connectivity index (χ0n) is 16.6. The third-order valence-corrected chi connectivity index (χ3v) is 5.43. The predicted octanol–water partition coefficient (Wildman–Crippen LogP) is 4.23. The molecule has 160 valence electrons. The number of hydrogen-bond donors (Lipinski definition) is 1. The summed E-state index contributed by atoms with van der Waals surface area (Å²) in [5.74, 6) is 1.47. The molecular weight excluding hydrogens is 437 g/mol. The quantitative estimate of drug-likeness (QED) is 0.485. The molecule has 1 N–H and O–H groups in total. The van der Waals surface area contributed by atoms with E-state index in [1.165, 1.54) is 5.69 Å². The number of hydrogen-bond acceptors (Lipinski definition) is 6. The van der Waals surface area contributed by atoms with Gasteiger partial charge >= 0.3 is 0 Å². The van der Waals surface area contributed by atoms with Crippen molar-refractivity contribution in [1.82, 2.24) is 25.1 Å². The number of ether oxygens (including phenoxy) is 2. The second kappa shape index (κ2) is 8.70. The molecule has 6 rings (SSSR count). The molecule has 0 bridgehead atoms. The second-order valence-electron chi connectivity index (χ2n) is 7.29. The highest BCUT2D eigenvalue weighted by Crippen LogP contribution is 2.40. The molecule has 3 aromatic heterocycles. The monoisotopic (exact) mass is 457 g/mol. The summed E-state index contributed by atoms with van der Waals surface area (Å²) in [4.78, 5) is 9.23. The summed E-state index contributed by atoms with van der Waals surface area (Å²) in [5, 5.41) is 9.29. The highest BCUT2D eigenvalue weighted by molar-refractivity contribution is 5.98. The number of pyridine rings is 2. The molecule has 9 heteroatoms. The Morgan fingerprint density at radius 1 is 1.00 bits per heavy atom. The first-order valence-corrected chi connectivity index (χ1v) is 9.78. The highest BCUT2D eigenvalue weighted by Gasteiger charge is 2.20. The average molecular weight is 458 g/mol. The third-order valence-electron chi connectivity index (χ3n) is 5.43. The lowest BCUT2D eigenvalue weighted by atomic mass is 10.0. The number of aryl methyl sites for hydroxylation is 1. The summed E-state index contributed by atoms with van der Waals surface area (Å²) in [6.45, 7) is 3.01. The van der Waals surface area contributed by atoms with Crippen molar-refractivity contribution in [2.75, 3.05) is 13.3 Å². The van der Waals surface area contributed by atoms with Crippen LogP contribution in [0.25, 0.3) is 33.4 Å². The smallest absolute Gasteiger partial charge is 0.231 e. The van der Waals surface area contributed by atoms with Gasteiger partial charge in [-0.3, -0.25) is 9.67 Å². The van der Waals surface area contributed by atoms with Crippen molar-refractivity contribution in [2.24, 2.45) is 0 Å². The lowest BCUT2D eigenvalue weighted by Crippen LogP contribution is -2.11. The van der Waals surface area contributed by atoms with E-state index in [1.54, 1.807) is 6.20 Å². The standard InChI is InChI=1S/C22H19N5O2.2ClH/c1-3-14(11-23-4-1)16-8-19(20-7-15-12-24-5-2-6-27(15)26-20)25-18-10-22-21(9-17(16)18)28-13-29-22;;/h1,3-4,7-11,24H,2,5-6,12-13H2;2*1H. The minimum absolute atomic E-state index is 0. The first kappa shape index (κ1) is 21.4. The van der Waals surface area contributed by atoms with E-state index in [-0.39, 0.29) is 31.6 Å². The molecule has 0 amide bonds. The molecule has 0 saturated carbocycles. The summed E-state index contributed by atoms with van der Waals surface area (Å²) >= 11 is 0. The van der Waals surface area contributed by atoms with E-state index >= 15 is 0 Å². The number of fused-ring (bicyclic) bond motifs is 3. The van der Waals surface area contributed by atoms with Crippen LogP contribution in [0.2, 0.25) is 0 Å². The maximum absolute atomic E-state index is 5.59. The maximum atomic E-state index is 5.59. The average Bonchev–Trinajstić information content (AvgIpc) is 3.33. The van der Waals surface area contributed by atoms with Crippen LogP contribution in [0.4, 0.5) is 0 Å². The van der Waals surface area contributed by atoms with E-state index in [0.29, 0.717) is 0 Å². The minimum Gasteiger partial charge on any atom is -0.454 e. The molecule has 0 unspecified atom stereocenters. The van der Waals surface area contributed by atoms with Crippen molar-refractivity contribution in [3.05, 3.63) is 54.5 Å². The summed E-state index contributed by atoms with van der Waals surface area (Å²) in [6, 6.07) is 12.2. The molecule has 1 aromatic carbocycles. The molecule has 2 aliphatic heterocycles. The Labute approximate surface area is 191 Å². The van der Waals surface area contributed by atoms with Crippen LogP contribution < -0.4 is 14.8 Å². The van der Waals surface area contributed by atoms with Crippen molar-refractivity contribution < 1.29 is 9.47 Å². The van der Waals surface area contributed by atoms with Crippen LogP contribution in [0.15, 0.2) is 48.8 Å². The van der Waals surface area contributed by atoms with Crippen LogP contribution in [0.5, 0.6) is 11.5 Å². The molecule has 0 radical (unpaired) electrons. The SMILES string of the molecule is Cl.Cl.c1cncc(-c2cc(-c3cc4n(n3)CCCNC4)nc3cc4c(cc23)OCO4)c1. The van der Waals surface area contributed by atoms with E-state index in [0.717, 1.165) is 71.0 Å². The Kier molecular flexibility index (Phi) is 6.00. The largest absolute Gasteiger partial charge is 0.454 e.